The van der Waals surface area contributed by atoms with Gasteiger partial charge in [0.05, 0.1) is 6.10 Å². The van der Waals surface area contributed by atoms with Gasteiger partial charge in [-0.2, -0.15) is 0 Å². The molecule has 7 heteroatoms. The smallest absolute Gasteiger partial charge is 0.235 e. The zero-order chi connectivity index (χ0) is 16.2. The molecular formula is C15H22N2O4S. The minimum Gasteiger partial charge on any atom is -0.393 e. The minimum absolute atomic E-state index is 0.0481. The number of aliphatic hydroxyl groups is 1. The Morgan fingerprint density at radius 3 is 2.73 bits per heavy atom. The molecule has 0 aromatic carbocycles. The van der Waals surface area contributed by atoms with Crippen molar-refractivity contribution in [1.82, 2.24) is 10.3 Å². The molecule has 1 aliphatic rings. The molecule has 0 spiro atoms. The van der Waals surface area contributed by atoms with Gasteiger partial charge in [-0.05, 0) is 30.9 Å². The zero-order valence-corrected chi connectivity index (χ0v) is 13.4. The second-order valence-corrected chi connectivity index (χ2v) is 8.11. The van der Waals surface area contributed by atoms with Crippen LogP contribution in [0.25, 0.3) is 0 Å². The van der Waals surface area contributed by atoms with Crippen LogP contribution < -0.4 is 5.32 Å². The third kappa shape index (κ3) is 4.78. The van der Waals surface area contributed by atoms with Crippen molar-refractivity contribution in [2.45, 2.75) is 38.3 Å². The van der Waals surface area contributed by atoms with E-state index in [1.807, 2.05) is 18.2 Å². The number of rotatable bonds is 7. The molecule has 0 saturated heterocycles. The summed E-state index contributed by atoms with van der Waals surface area (Å²) in [5.74, 6) is -0.861. The maximum absolute atomic E-state index is 12.0. The number of nitrogens with one attached hydrogen (secondary N) is 1. The van der Waals surface area contributed by atoms with Crippen LogP contribution in [-0.2, 0) is 21.1 Å². The van der Waals surface area contributed by atoms with Crippen molar-refractivity contribution in [3.63, 3.8) is 0 Å². The summed E-state index contributed by atoms with van der Waals surface area (Å²) in [4.78, 5) is 16.2. The SMILES string of the molecule is CCS(=O)(=O)CC(=O)N[C@@H](Cc1ccccn1)C1CC(O)C1. The van der Waals surface area contributed by atoms with Gasteiger partial charge in [-0.15, -0.1) is 0 Å². The van der Waals surface area contributed by atoms with E-state index in [0.717, 1.165) is 5.69 Å². The van der Waals surface area contributed by atoms with Crippen molar-refractivity contribution in [2.24, 2.45) is 5.92 Å². The first-order chi connectivity index (χ1) is 10.4. The highest BCUT2D eigenvalue weighted by Gasteiger charge is 2.35. The summed E-state index contributed by atoms with van der Waals surface area (Å²) in [7, 11) is -3.34. The number of sulfone groups is 1. The third-order valence-electron chi connectivity index (χ3n) is 4.01. The van der Waals surface area contributed by atoms with Crippen LogP contribution in [0.5, 0.6) is 0 Å². The number of hydrogen-bond acceptors (Lipinski definition) is 5. The molecular weight excluding hydrogens is 304 g/mol. The largest absolute Gasteiger partial charge is 0.393 e. The highest BCUT2D eigenvalue weighted by molar-refractivity contribution is 7.92. The van der Waals surface area contributed by atoms with Gasteiger partial charge in [-0.25, -0.2) is 8.42 Å². The molecule has 22 heavy (non-hydrogen) atoms. The van der Waals surface area contributed by atoms with Crippen molar-refractivity contribution >= 4 is 15.7 Å². The Bertz CT molecular complexity index is 597. The van der Waals surface area contributed by atoms with E-state index in [0.29, 0.717) is 19.3 Å². The summed E-state index contributed by atoms with van der Waals surface area (Å²) in [5, 5.41) is 12.3. The summed E-state index contributed by atoms with van der Waals surface area (Å²) in [6.07, 6.45) is 3.14. The molecule has 2 rings (SSSR count). The van der Waals surface area contributed by atoms with Gasteiger partial charge in [0.2, 0.25) is 5.91 Å². The van der Waals surface area contributed by atoms with Crippen molar-refractivity contribution in [1.29, 1.82) is 0 Å². The van der Waals surface area contributed by atoms with E-state index in [9.17, 15) is 18.3 Å². The number of pyridine rings is 1. The van der Waals surface area contributed by atoms with Crippen LogP contribution in [0.1, 0.15) is 25.5 Å². The monoisotopic (exact) mass is 326 g/mol. The van der Waals surface area contributed by atoms with Crippen LogP contribution in [-0.4, -0.2) is 48.1 Å². The van der Waals surface area contributed by atoms with Crippen LogP contribution in [0, 0.1) is 5.92 Å². The first kappa shape index (κ1) is 16.9. The Hall–Kier alpha value is -1.47. The van der Waals surface area contributed by atoms with Crippen molar-refractivity contribution in [2.75, 3.05) is 11.5 Å². The number of aliphatic hydroxyl groups excluding tert-OH is 1. The van der Waals surface area contributed by atoms with Gasteiger partial charge in [0, 0.05) is 30.1 Å². The Morgan fingerprint density at radius 2 is 2.18 bits per heavy atom. The van der Waals surface area contributed by atoms with E-state index in [-0.39, 0.29) is 23.8 Å². The molecule has 1 saturated carbocycles. The molecule has 1 aliphatic carbocycles. The molecule has 1 fully saturated rings. The second kappa shape index (κ2) is 7.19. The van der Waals surface area contributed by atoms with Crippen molar-refractivity contribution < 1.29 is 18.3 Å². The number of carbonyl (C=O) groups is 1. The highest BCUT2D eigenvalue weighted by atomic mass is 32.2. The molecule has 1 aromatic heterocycles. The summed E-state index contributed by atoms with van der Waals surface area (Å²) in [6.45, 7) is 1.52. The predicted molar refractivity (Wildman–Crippen MR) is 82.9 cm³/mol. The second-order valence-electron chi connectivity index (χ2n) is 5.76. The van der Waals surface area contributed by atoms with E-state index in [1.54, 1.807) is 6.20 Å². The summed E-state index contributed by atoms with van der Waals surface area (Å²) < 4.78 is 23.1. The summed E-state index contributed by atoms with van der Waals surface area (Å²) in [5.41, 5.74) is 0.840. The number of aromatic nitrogens is 1. The molecule has 0 aliphatic heterocycles. The summed E-state index contributed by atoms with van der Waals surface area (Å²) in [6, 6.07) is 5.37. The van der Waals surface area contributed by atoms with E-state index < -0.39 is 21.5 Å². The fraction of sp³-hybridized carbons (Fsp3) is 0.600. The maximum Gasteiger partial charge on any atom is 0.235 e. The van der Waals surface area contributed by atoms with Gasteiger partial charge in [0.1, 0.15) is 5.75 Å². The highest BCUT2D eigenvalue weighted by Crippen LogP contribution is 2.31. The van der Waals surface area contributed by atoms with Crippen LogP contribution in [0.15, 0.2) is 24.4 Å². The predicted octanol–water partition coefficient (Wildman–Crippen LogP) is 0.314. The molecule has 2 N–H and O–H groups in total. The standard InChI is InChI=1S/C15H22N2O4S/c1-2-22(20,21)10-15(19)17-14(11-7-13(18)8-11)9-12-5-3-4-6-16-12/h3-6,11,13-14,18H,2,7-10H2,1H3,(H,17,19)/t11?,13?,14-/m0/s1. The molecule has 0 bridgehead atoms. The normalized spacial score (nSPS) is 22.6. The van der Waals surface area contributed by atoms with Crippen LogP contribution in [0.4, 0.5) is 0 Å². The van der Waals surface area contributed by atoms with Crippen LogP contribution >= 0.6 is 0 Å². The topological polar surface area (TPSA) is 96.4 Å². The van der Waals surface area contributed by atoms with E-state index in [1.165, 1.54) is 6.92 Å². The lowest BCUT2D eigenvalue weighted by molar-refractivity contribution is -0.120. The average Bonchev–Trinajstić information content (AvgIpc) is 2.44. The first-order valence-electron chi connectivity index (χ1n) is 7.47. The lowest BCUT2D eigenvalue weighted by Gasteiger charge is -2.38. The number of hydrogen-bond donors (Lipinski definition) is 2. The van der Waals surface area contributed by atoms with Gasteiger partial charge < -0.3 is 10.4 Å². The molecule has 0 radical (unpaired) electrons. The third-order valence-corrected chi connectivity index (χ3v) is 5.59. The Labute approximate surface area is 130 Å². The van der Waals surface area contributed by atoms with Gasteiger partial charge in [0.15, 0.2) is 9.84 Å². The maximum atomic E-state index is 12.0. The average molecular weight is 326 g/mol. The lowest BCUT2D eigenvalue weighted by Crippen LogP contribution is -2.49. The number of amides is 1. The zero-order valence-electron chi connectivity index (χ0n) is 12.6. The molecule has 1 aromatic rings. The van der Waals surface area contributed by atoms with Gasteiger partial charge in [0.25, 0.3) is 0 Å². The van der Waals surface area contributed by atoms with E-state index in [2.05, 4.69) is 10.3 Å². The molecule has 1 amide bonds. The van der Waals surface area contributed by atoms with Crippen molar-refractivity contribution in [3.8, 4) is 0 Å². The van der Waals surface area contributed by atoms with E-state index >= 15 is 0 Å². The molecule has 122 valence electrons. The Balaban J connectivity index is 2.00. The molecule has 1 heterocycles. The van der Waals surface area contributed by atoms with Gasteiger partial charge in [-0.3, -0.25) is 9.78 Å². The van der Waals surface area contributed by atoms with Gasteiger partial charge >= 0.3 is 0 Å². The van der Waals surface area contributed by atoms with Crippen LogP contribution in [0.3, 0.4) is 0 Å². The van der Waals surface area contributed by atoms with Gasteiger partial charge in [-0.1, -0.05) is 13.0 Å². The Morgan fingerprint density at radius 1 is 1.45 bits per heavy atom. The fourth-order valence-corrected chi connectivity index (χ4v) is 3.28. The quantitative estimate of drug-likeness (QED) is 0.752. The van der Waals surface area contributed by atoms with E-state index in [4.69, 9.17) is 0 Å². The number of carbonyl (C=O) groups excluding carboxylic acids is 1. The number of nitrogens with zero attached hydrogens (tertiary/aromatic N) is 1. The summed E-state index contributed by atoms with van der Waals surface area (Å²) >= 11 is 0. The minimum atomic E-state index is -3.34. The molecule has 0 unspecified atom stereocenters. The van der Waals surface area contributed by atoms with Crippen molar-refractivity contribution in [3.05, 3.63) is 30.1 Å². The molecule has 1 atom stereocenters. The Kier molecular flexibility index (Phi) is 5.52. The van der Waals surface area contributed by atoms with Crippen LogP contribution in [0.2, 0.25) is 0 Å². The lowest BCUT2D eigenvalue weighted by atomic mass is 9.76. The first-order valence-corrected chi connectivity index (χ1v) is 9.29. The fourth-order valence-electron chi connectivity index (χ4n) is 2.59. The molecule has 6 nitrogen and oxygen atoms in total.